The highest BCUT2D eigenvalue weighted by atomic mass is 15.2. The van der Waals surface area contributed by atoms with E-state index in [9.17, 15) is 0 Å². The predicted molar refractivity (Wildman–Crippen MR) is 96.1 cm³/mol. The highest BCUT2D eigenvalue weighted by Crippen LogP contribution is 2.29. The molecule has 1 atom stereocenters. The van der Waals surface area contributed by atoms with E-state index in [0.29, 0.717) is 12.0 Å². The average molecular weight is 310 g/mol. The standard InChI is InChI=1S/C19H26N4/c1-5-20-17-11-18(22-19(21-17)13(2)3)23-12-16-9-7-6-8-15(16)10-14(23)4/h6-9,11,13-14H,5,10,12H2,1-4H3,(H,20,21,22)/t14-/m1/s1. The van der Waals surface area contributed by atoms with Crippen LogP contribution in [-0.4, -0.2) is 22.6 Å². The van der Waals surface area contributed by atoms with Crippen LogP contribution in [0, 0.1) is 0 Å². The lowest BCUT2D eigenvalue weighted by Gasteiger charge is -2.36. The van der Waals surface area contributed by atoms with Gasteiger partial charge in [0.2, 0.25) is 0 Å². The molecular weight excluding hydrogens is 284 g/mol. The zero-order valence-electron chi connectivity index (χ0n) is 14.5. The maximum Gasteiger partial charge on any atom is 0.135 e. The van der Waals surface area contributed by atoms with Crippen molar-refractivity contribution in [3.63, 3.8) is 0 Å². The molecule has 1 aliphatic heterocycles. The summed E-state index contributed by atoms with van der Waals surface area (Å²) < 4.78 is 0. The Morgan fingerprint density at radius 2 is 1.96 bits per heavy atom. The molecule has 0 fully saturated rings. The van der Waals surface area contributed by atoms with Gasteiger partial charge in [0, 0.05) is 31.1 Å². The van der Waals surface area contributed by atoms with Gasteiger partial charge in [0.1, 0.15) is 17.5 Å². The number of anilines is 2. The number of hydrogen-bond donors (Lipinski definition) is 1. The second-order valence-electron chi connectivity index (χ2n) is 6.60. The lowest BCUT2D eigenvalue weighted by molar-refractivity contribution is 0.583. The fourth-order valence-corrected chi connectivity index (χ4v) is 3.12. The van der Waals surface area contributed by atoms with Crippen molar-refractivity contribution < 1.29 is 0 Å². The minimum absolute atomic E-state index is 0.319. The van der Waals surface area contributed by atoms with Gasteiger partial charge in [0.25, 0.3) is 0 Å². The maximum atomic E-state index is 4.84. The van der Waals surface area contributed by atoms with Crippen molar-refractivity contribution >= 4 is 11.6 Å². The van der Waals surface area contributed by atoms with Crippen LogP contribution in [0.15, 0.2) is 30.3 Å². The molecule has 0 aliphatic carbocycles. The molecule has 0 saturated heterocycles. The molecule has 1 N–H and O–H groups in total. The van der Waals surface area contributed by atoms with Crippen LogP contribution in [0.5, 0.6) is 0 Å². The molecule has 0 amide bonds. The molecule has 1 aliphatic rings. The van der Waals surface area contributed by atoms with Gasteiger partial charge in [0.15, 0.2) is 0 Å². The first-order valence-electron chi connectivity index (χ1n) is 8.54. The third-order valence-electron chi connectivity index (χ3n) is 4.40. The quantitative estimate of drug-likeness (QED) is 0.927. The monoisotopic (exact) mass is 310 g/mol. The number of nitrogens with zero attached hydrogens (tertiary/aromatic N) is 3. The van der Waals surface area contributed by atoms with Gasteiger partial charge in [-0.2, -0.15) is 0 Å². The van der Waals surface area contributed by atoms with Crippen molar-refractivity contribution in [2.24, 2.45) is 0 Å². The first-order chi connectivity index (χ1) is 11.1. The summed E-state index contributed by atoms with van der Waals surface area (Å²) in [5, 5.41) is 3.34. The first kappa shape index (κ1) is 15.8. The molecule has 1 aromatic carbocycles. The summed E-state index contributed by atoms with van der Waals surface area (Å²) in [5.74, 6) is 3.18. The van der Waals surface area contributed by atoms with Gasteiger partial charge in [0.05, 0.1) is 0 Å². The van der Waals surface area contributed by atoms with E-state index in [1.54, 1.807) is 0 Å². The van der Waals surface area contributed by atoms with Crippen molar-refractivity contribution in [3.05, 3.63) is 47.3 Å². The van der Waals surface area contributed by atoms with Crippen molar-refractivity contribution in [2.75, 3.05) is 16.8 Å². The van der Waals surface area contributed by atoms with Gasteiger partial charge in [-0.3, -0.25) is 0 Å². The van der Waals surface area contributed by atoms with Gasteiger partial charge in [-0.25, -0.2) is 9.97 Å². The van der Waals surface area contributed by atoms with Crippen molar-refractivity contribution in [3.8, 4) is 0 Å². The van der Waals surface area contributed by atoms with E-state index < -0.39 is 0 Å². The molecule has 0 radical (unpaired) electrons. The summed E-state index contributed by atoms with van der Waals surface area (Å²) in [4.78, 5) is 11.9. The molecule has 2 heterocycles. The Morgan fingerprint density at radius 3 is 2.65 bits per heavy atom. The molecule has 0 spiro atoms. The SMILES string of the molecule is CCNc1cc(N2Cc3ccccc3C[C@H]2C)nc(C(C)C)n1. The zero-order chi connectivity index (χ0) is 16.4. The fourth-order valence-electron chi connectivity index (χ4n) is 3.12. The van der Waals surface area contributed by atoms with Crippen LogP contribution in [-0.2, 0) is 13.0 Å². The molecule has 23 heavy (non-hydrogen) atoms. The van der Waals surface area contributed by atoms with Crippen LogP contribution >= 0.6 is 0 Å². The molecule has 0 bridgehead atoms. The third-order valence-corrected chi connectivity index (χ3v) is 4.40. The van der Waals surface area contributed by atoms with Crippen LogP contribution in [0.25, 0.3) is 0 Å². The topological polar surface area (TPSA) is 41.0 Å². The predicted octanol–water partition coefficient (Wildman–Crippen LogP) is 3.98. The van der Waals surface area contributed by atoms with Crippen LogP contribution in [0.4, 0.5) is 11.6 Å². The number of fused-ring (bicyclic) bond motifs is 1. The highest BCUT2D eigenvalue weighted by molar-refractivity contribution is 5.52. The van der Waals surface area contributed by atoms with Crippen molar-refractivity contribution in [1.82, 2.24) is 9.97 Å². The van der Waals surface area contributed by atoms with Gasteiger partial charge in [-0.05, 0) is 31.4 Å². The normalized spacial score (nSPS) is 17.3. The molecule has 1 aromatic heterocycles. The van der Waals surface area contributed by atoms with E-state index in [0.717, 1.165) is 37.0 Å². The molecule has 122 valence electrons. The smallest absolute Gasteiger partial charge is 0.135 e. The van der Waals surface area contributed by atoms with Crippen LogP contribution in [0.1, 0.15) is 50.6 Å². The Kier molecular flexibility index (Phi) is 4.51. The van der Waals surface area contributed by atoms with Crippen LogP contribution in [0.3, 0.4) is 0 Å². The Morgan fingerprint density at radius 1 is 1.22 bits per heavy atom. The second kappa shape index (κ2) is 6.57. The second-order valence-corrected chi connectivity index (χ2v) is 6.60. The molecule has 0 saturated carbocycles. The van der Waals surface area contributed by atoms with E-state index in [2.05, 4.69) is 73.2 Å². The fraction of sp³-hybridized carbons (Fsp3) is 0.474. The number of benzene rings is 1. The molecule has 3 rings (SSSR count). The Hall–Kier alpha value is -2.10. The summed E-state index contributed by atoms with van der Waals surface area (Å²) in [5.41, 5.74) is 2.86. The largest absolute Gasteiger partial charge is 0.370 e. The third kappa shape index (κ3) is 3.31. The molecular formula is C19H26N4. The summed E-state index contributed by atoms with van der Waals surface area (Å²) in [6, 6.07) is 11.2. The van der Waals surface area contributed by atoms with Gasteiger partial charge >= 0.3 is 0 Å². The van der Waals surface area contributed by atoms with E-state index in [-0.39, 0.29) is 0 Å². The molecule has 4 nitrogen and oxygen atoms in total. The summed E-state index contributed by atoms with van der Waals surface area (Å²) in [6.45, 7) is 10.4. The average Bonchev–Trinajstić information content (AvgIpc) is 2.54. The lowest BCUT2D eigenvalue weighted by atomic mass is 9.95. The molecule has 2 aromatic rings. The first-order valence-corrected chi connectivity index (χ1v) is 8.54. The van der Waals surface area contributed by atoms with E-state index in [1.807, 2.05) is 0 Å². The highest BCUT2D eigenvalue weighted by Gasteiger charge is 2.24. The van der Waals surface area contributed by atoms with Gasteiger partial charge in [-0.1, -0.05) is 38.1 Å². The van der Waals surface area contributed by atoms with E-state index in [1.165, 1.54) is 11.1 Å². The van der Waals surface area contributed by atoms with Crippen molar-refractivity contribution in [1.29, 1.82) is 0 Å². The number of nitrogens with one attached hydrogen (secondary N) is 1. The lowest BCUT2D eigenvalue weighted by Crippen LogP contribution is -2.39. The summed E-state index contributed by atoms with van der Waals surface area (Å²) in [6.07, 6.45) is 1.06. The van der Waals surface area contributed by atoms with Crippen LogP contribution in [0.2, 0.25) is 0 Å². The Balaban J connectivity index is 1.97. The number of aromatic nitrogens is 2. The van der Waals surface area contributed by atoms with Crippen molar-refractivity contribution in [2.45, 2.75) is 52.6 Å². The molecule has 4 heteroatoms. The maximum absolute atomic E-state index is 4.84. The Labute approximate surface area is 139 Å². The van der Waals surface area contributed by atoms with Gasteiger partial charge in [-0.15, -0.1) is 0 Å². The number of rotatable bonds is 4. The van der Waals surface area contributed by atoms with E-state index >= 15 is 0 Å². The Bertz CT molecular complexity index is 681. The number of hydrogen-bond acceptors (Lipinski definition) is 4. The summed E-state index contributed by atoms with van der Waals surface area (Å²) in [7, 11) is 0. The minimum atomic E-state index is 0.319. The summed E-state index contributed by atoms with van der Waals surface area (Å²) >= 11 is 0. The van der Waals surface area contributed by atoms with Crippen LogP contribution < -0.4 is 10.2 Å². The van der Waals surface area contributed by atoms with E-state index in [4.69, 9.17) is 4.98 Å². The zero-order valence-corrected chi connectivity index (χ0v) is 14.5. The molecule has 0 unspecified atom stereocenters. The minimum Gasteiger partial charge on any atom is -0.370 e. The van der Waals surface area contributed by atoms with Gasteiger partial charge < -0.3 is 10.2 Å².